The van der Waals surface area contributed by atoms with E-state index in [0.29, 0.717) is 0 Å². The van der Waals surface area contributed by atoms with Gasteiger partial charge in [0.05, 0.1) is 30.1 Å². The molecule has 0 aliphatic carbocycles. The standard InChI is InChI=1S/C21H13ClF2N6O3/c1-11(2)21(23,24)18-17(33-15-4-12(6-25)3-14(22)5-15)20(32)30(10-28-18)9-13-8-27-16(7-26)29-19(13)31/h3-5,8,10H,1,9H2,2H3,(H,27,29,31). The Bertz CT molecular complexity index is 1470. The molecular formula is C21H13ClF2N6O3. The number of halogens is 3. The molecule has 12 heteroatoms. The van der Waals surface area contributed by atoms with Crippen LogP contribution in [0, 0.1) is 22.7 Å². The molecule has 0 radical (unpaired) electrons. The molecule has 0 saturated carbocycles. The van der Waals surface area contributed by atoms with E-state index in [1.54, 1.807) is 6.07 Å². The van der Waals surface area contributed by atoms with Crippen LogP contribution >= 0.6 is 11.6 Å². The lowest BCUT2D eigenvalue weighted by Crippen LogP contribution is -2.30. The van der Waals surface area contributed by atoms with Crippen LogP contribution in [-0.4, -0.2) is 19.5 Å². The molecule has 2 heterocycles. The first-order valence-corrected chi connectivity index (χ1v) is 9.45. The molecule has 0 fully saturated rings. The van der Waals surface area contributed by atoms with Gasteiger partial charge < -0.3 is 4.74 Å². The molecule has 3 rings (SSSR count). The second-order valence-electron chi connectivity index (χ2n) is 6.80. The summed E-state index contributed by atoms with van der Waals surface area (Å²) in [6.07, 6.45) is 1.91. The minimum absolute atomic E-state index is 0.0298. The molecule has 0 bridgehead atoms. The van der Waals surface area contributed by atoms with Gasteiger partial charge in [0.2, 0.25) is 11.6 Å². The van der Waals surface area contributed by atoms with Gasteiger partial charge in [-0.25, -0.2) is 9.97 Å². The molecule has 3 aromatic rings. The maximum Gasteiger partial charge on any atom is 0.314 e. The number of aromatic nitrogens is 4. The first-order chi connectivity index (χ1) is 15.6. The van der Waals surface area contributed by atoms with E-state index in [-0.39, 0.29) is 27.7 Å². The molecule has 2 aromatic heterocycles. The molecule has 9 nitrogen and oxygen atoms in total. The van der Waals surface area contributed by atoms with Gasteiger partial charge in [0, 0.05) is 11.2 Å². The second-order valence-corrected chi connectivity index (χ2v) is 7.23. The summed E-state index contributed by atoms with van der Waals surface area (Å²) in [6, 6.07) is 7.27. The SMILES string of the molecule is C=C(C)C(F)(F)c1ncn(Cc2cnc(C#N)[nH]c2=O)c(=O)c1Oc1cc(Cl)cc(C#N)c1. The Morgan fingerprint density at radius 3 is 2.61 bits per heavy atom. The fraction of sp³-hybridized carbons (Fsp3) is 0.143. The Kier molecular flexibility index (Phi) is 6.38. The van der Waals surface area contributed by atoms with Crippen LogP contribution in [0.4, 0.5) is 8.78 Å². The van der Waals surface area contributed by atoms with Crippen molar-refractivity contribution in [3.8, 4) is 23.6 Å². The van der Waals surface area contributed by atoms with E-state index in [1.165, 1.54) is 18.2 Å². The number of alkyl halides is 2. The van der Waals surface area contributed by atoms with Crippen molar-refractivity contribution in [1.82, 2.24) is 19.5 Å². The van der Waals surface area contributed by atoms with Crippen LogP contribution in [0.1, 0.15) is 29.6 Å². The van der Waals surface area contributed by atoms with Crippen LogP contribution in [0.25, 0.3) is 0 Å². The lowest BCUT2D eigenvalue weighted by molar-refractivity contribution is 0.0309. The van der Waals surface area contributed by atoms with Gasteiger partial charge in [0.25, 0.3) is 11.1 Å². The summed E-state index contributed by atoms with van der Waals surface area (Å²) in [5, 5.41) is 18.0. The smallest absolute Gasteiger partial charge is 0.314 e. The van der Waals surface area contributed by atoms with E-state index >= 15 is 0 Å². The van der Waals surface area contributed by atoms with E-state index in [2.05, 4.69) is 21.5 Å². The summed E-state index contributed by atoms with van der Waals surface area (Å²) in [4.78, 5) is 34.9. The molecule has 1 aromatic carbocycles. The number of nitrogens with one attached hydrogen (secondary N) is 1. The third-order valence-electron chi connectivity index (χ3n) is 4.37. The van der Waals surface area contributed by atoms with E-state index in [0.717, 1.165) is 24.0 Å². The van der Waals surface area contributed by atoms with Crippen molar-refractivity contribution in [3.63, 3.8) is 0 Å². The lowest BCUT2D eigenvalue weighted by atomic mass is 10.1. The largest absolute Gasteiger partial charge is 0.449 e. The zero-order valence-corrected chi connectivity index (χ0v) is 17.7. The minimum atomic E-state index is -3.72. The fourth-order valence-corrected chi connectivity index (χ4v) is 2.90. The number of benzene rings is 1. The summed E-state index contributed by atoms with van der Waals surface area (Å²) in [5.74, 6) is -4.94. The van der Waals surface area contributed by atoms with Crippen LogP contribution < -0.4 is 15.9 Å². The molecular weight excluding hydrogens is 458 g/mol. The van der Waals surface area contributed by atoms with Crippen molar-refractivity contribution in [2.24, 2.45) is 0 Å². The normalized spacial score (nSPS) is 10.8. The molecule has 0 saturated heterocycles. The van der Waals surface area contributed by atoms with Crippen LogP contribution in [0.2, 0.25) is 5.02 Å². The van der Waals surface area contributed by atoms with Gasteiger partial charge in [0.1, 0.15) is 11.8 Å². The lowest BCUT2D eigenvalue weighted by Gasteiger charge is -2.20. The summed E-state index contributed by atoms with van der Waals surface area (Å²) >= 11 is 5.94. The number of hydrogen-bond donors (Lipinski definition) is 1. The van der Waals surface area contributed by atoms with Gasteiger partial charge in [-0.15, -0.1) is 0 Å². The van der Waals surface area contributed by atoms with Crippen LogP contribution in [0.15, 0.2) is 52.5 Å². The Labute approximate surface area is 189 Å². The number of hydrogen-bond acceptors (Lipinski definition) is 7. The highest BCUT2D eigenvalue weighted by Crippen LogP contribution is 2.38. The summed E-state index contributed by atoms with van der Waals surface area (Å²) in [7, 11) is 0. The molecule has 33 heavy (non-hydrogen) atoms. The van der Waals surface area contributed by atoms with Crippen LogP contribution in [-0.2, 0) is 12.5 Å². The summed E-state index contributed by atoms with van der Waals surface area (Å²) < 4.78 is 35.9. The van der Waals surface area contributed by atoms with Crippen molar-refractivity contribution >= 4 is 11.6 Å². The fourth-order valence-electron chi connectivity index (χ4n) is 2.68. The molecule has 0 amide bonds. The van der Waals surface area contributed by atoms with E-state index in [9.17, 15) is 18.4 Å². The van der Waals surface area contributed by atoms with Crippen molar-refractivity contribution < 1.29 is 13.5 Å². The molecule has 0 spiro atoms. The molecule has 0 atom stereocenters. The average molecular weight is 471 g/mol. The molecule has 0 unspecified atom stereocenters. The zero-order valence-electron chi connectivity index (χ0n) is 16.9. The highest BCUT2D eigenvalue weighted by Gasteiger charge is 2.39. The first-order valence-electron chi connectivity index (χ1n) is 9.07. The second kappa shape index (κ2) is 9.02. The van der Waals surface area contributed by atoms with Crippen molar-refractivity contribution in [2.75, 3.05) is 0 Å². The Morgan fingerprint density at radius 1 is 1.27 bits per heavy atom. The van der Waals surface area contributed by atoms with Crippen LogP contribution in [0.3, 0.4) is 0 Å². The maximum atomic E-state index is 14.8. The topological polar surface area (TPSA) is 137 Å². The number of nitrogens with zero attached hydrogens (tertiary/aromatic N) is 5. The van der Waals surface area contributed by atoms with Gasteiger partial charge in [-0.3, -0.25) is 19.1 Å². The van der Waals surface area contributed by atoms with Crippen molar-refractivity contribution in [1.29, 1.82) is 10.5 Å². The Hall–Kier alpha value is -4.35. The van der Waals surface area contributed by atoms with Gasteiger partial charge in [-0.05, 0) is 30.7 Å². The highest BCUT2D eigenvalue weighted by molar-refractivity contribution is 6.30. The maximum absolute atomic E-state index is 14.8. The Balaban J connectivity index is 2.16. The van der Waals surface area contributed by atoms with Gasteiger partial charge in [0.15, 0.2) is 5.69 Å². The van der Waals surface area contributed by atoms with Crippen molar-refractivity contribution in [2.45, 2.75) is 19.4 Å². The highest BCUT2D eigenvalue weighted by atomic mass is 35.5. The summed E-state index contributed by atoms with van der Waals surface area (Å²) in [6.45, 7) is 3.91. The number of rotatable bonds is 6. The third kappa shape index (κ3) is 4.79. The minimum Gasteiger partial charge on any atom is -0.449 e. The third-order valence-corrected chi connectivity index (χ3v) is 4.59. The van der Waals surface area contributed by atoms with E-state index in [1.807, 2.05) is 6.07 Å². The Morgan fingerprint density at radius 2 is 2.00 bits per heavy atom. The monoisotopic (exact) mass is 470 g/mol. The molecule has 1 N–H and O–H groups in total. The number of ether oxygens (including phenoxy) is 1. The van der Waals surface area contributed by atoms with Crippen molar-refractivity contribution in [3.05, 3.63) is 91.3 Å². The van der Waals surface area contributed by atoms with E-state index in [4.69, 9.17) is 26.9 Å². The summed E-state index contributed by atoms with van der Waals surface area (Å²) in [5.41, 5.74) is -3.28. The van der Waals surface area contributed by atoms with Gasteiger partial charge in [-0.2, -0.15) is 19.3 Å². The first kappa shape index (κ1) is 23.3. The van der Waals surface area contributed by atoms with Gasteiger partial charge in [-0.1, -0.05) is 18.2 Å². The van der Waals surface area contributed by atoms with Gasteiger partial charge >= 0.3 is 5.92 Å². The number of allylic oxidation sites excluding steroid dienone is 1. The number of nitriles is 2. The quantitative estimate of drug-likeness (QED) is 0.546. The zero-order chi connectivity index (χ0) is 24.3. The molecule has 0 aliphatic heterocycles. The van der Waals surface area contributed by atoms with E-state index < -0.39 is 40.6 Å². The number of H-pyrrole nitrogens is 1. The molecule has 0 aliphatic rings. The average Bonchev–Trinajstić information content (AvgIpc) is 2.76. The number of aromatic amines is 1. The predicted octanol–water partition coefficient (Wildman–Crippen LogP) is 3.23. The van der Waals surface area contributed by atoms with Crippen LogP contribution in [0.5, 0.6) is 11.5 Å². The molecule has 166 valence electrons. The predicted molar refractivity (Wildman–Crippen MR) is 112 cm³/mol.